The number of rotatable bonds is 12. The van der Waals surface area contributed by atoms with Crippen molar-refractivity contribution in [3.05, 3.63) is 12.7 Å². The third-order valence-electron chi connectivity index (χ3n) is 8.61. The molecule has 0 aromatic heterocycles. The van der Waals surface area contributed by atoms with Crippen LogP contribution in [0.3, 0.4) is 0 Å². The van der Waals surface area contributed by atoms with Crippen molar-refractivity contribution in [2.45, 2.75) is 109 Å². The Morgan fingerprint density at radius 2 is 1.77 bits per heavy atom. The second-order valence-corrected chi connectivity index (χ2v) is 14.2. The van der Waals surface area contributed by atoms with Crippen LogP contribution in [0, 0.1) is 22.7 Å². The van der Waals surface area contributed by atoms with Gasteiger partial charge >= 0.3 is 16.3 Å². The monoisotopic (exact) mass is 582 g/mol. The molecule has 0 spiro atoms. The Hall–Kier alpha value is -2.31. The molecule has 0 radical (unpaired) electrons. The van der Waals surface area contributed by atoms with Gasteiger partial charge in [0.2, 0.25) is 11.8 Å². The van der Waals surface area contributed by atoms with E-state index >= 15 is 0 Å². The van der Waals surface area contributed by atoms with E-state index in [0.717, 1.165) is 25.7 Å². The van der Waals surface area contributed by atoms with Crippen molar-refractivity contribution in [2.24, 2.45) is 22.7 Å². The van der Waals surface area contributed by atoms with Crippen molar-refractivity contribution < 1.29 is 41.6 Å². The van der Waals surface area contributed by atoms with Crippen LogP contribution >= 0.6 is 0 Å². The highest BCUT2D eigenvalue weighted by atomic mass is 32.2. The maximum Gasteiger partial charge on any atom is 0.362 e. The topological polar surface area (TPSA) is 156 Å². The molecule has 1 saturated heterocycles. The van der Waals surface area contributed by atoms with E-state index in [1.807, 2.05) is 25.5 Å². The summed E-state index contributed by atoms with van der Waals surface area (Å²) in [5.41, 5.74) is -1.95. The average Bonchev–Trinajstić information content (AvgIpc) is 3.68. The molecule has 3 aliphatic carbocycles. The summed E-state index contributed by atoms with van der Waals surface area (Å²) in [6.07, 6.45) is 4.55. The van der Waals surface area contributed by atoms with Crippen molar-refractivity contribution in [3.63, 3.8) is 0 Å². The van der Waals surface area contributed by atoms with Gasteiger partial charge in [0.15, 0.2) is 5.78 Å². The summed E-state index contributed by atoms with van der Waals surface area (Å²) in [4.78, 5) is 54.6. The van der Waals surface area contributed by atoms with E-state index in [2.05, 4.69) is 6.58 Å². The lowest BCUT2D eigenvalue weighted by Gasteiger charge is -2.35. The molecule has 5 atom stereocenters. The molecule has 0 aromatic carbocycles. The van der Waals surface area contributed by atoms with Gasteiger partial charge < -0.3 is 14.7 Å². The molecule has 4 aliphatic rings. The largest absolute Gasteiger partial charge is 0.462 e. The Balaban J connectivity index is 1.46. The predicted molar refractivity (Wildman–Crippen MR) is 144 cm³/mol. The van der Waals surface area contributed by atoms with E-state index in [1.54, 1.807) is 0 Å². The minimum absolute atomic E-state index is 0.00645. The number of likely N-dealkylation sites (tertiary alicyclic amines) is 1. The third-order valence-corrected chi connectivity index (χ3v) is 9.57. The summed E-state index contributed by atoms with van der Waals surface area (Å²) < 4.78 is 37.0. The Morgan fingerprint density at radius 3 is 2.33 bits per heavy atom. The van der Waals surface area contributed by atoms with Crippen LogP contribution < -0.4 is 4.72 Å². The Kier molecular flexibility index (Phi) is 8.83. The molecule has 0 unspecified atom stereocenters. The molecular weight excluding hydrogens is 540 g/mol. The SMILES string of the molecule is C=C[C@@H]1C[C@]1(CC(=O)[C@@H]1C[C@@H](O)CN1C(=O)[C@@H](CC(=O)OC1CCCC1)C(C)(C)C)C(=O)NS(=O)(=O)OC1CC1. The van der Waals surface area contributed by atoms with Crippen LogP contribution in [0.1, 0.15) is 85.0 Å². The summed E-state index contributed by atoms with van der Waals surface area (Å²) in [7, 11) is -4.32. The van der Waals surface area contributed by atoms with Crippen LogP contribution in [0.25, 0.3) is 0 Å². The molecule has 1 heterocycles. The minimum Gasteiger partial charge on any atom is -0.462 e. The van der Waals surface area contributed by atoms with E-state index in [0.29, 0.717) is 12.8 Å². The van der Waals surface area contributed by atoms with Crippen molar-refractivity contribution in [1.82, 2.24) is 9.62 Å². The second-order valence-electron chi connectivity index (χ2n) is 12.9. The van der Waals surface area contributed by atoms with Crippen LogP contribution in [-0.2, 0) is 38.4 Å². The van der Waals surface area contributed by atoms with Gasteiger partial charge in [-0.05, 0) is 56.3 Å². The molecule has 3 saturated carbocycles. The predicted octanol–water partition coefficient (Wildman–Crippen LogP) is 2.18. The molecule has 0 aromatic rings. The van der Waals surface area contributed by atoms with Gasteiger partial charge in [-0.25, -0.2) is 4.72 Å². The van der Waals surface area contributed by atoms with Crippen molar-refractivity contribution in [1.29, 1.82) is 0 Å². The fourth-order valence-electron chi connectivity index (χ4n) is 5.93. The van der Waals surface area contributed by atoms with Gasteiger partial charge in [0, 0.05) is 19.4 Å². The molecule has 4 rings (SSSR count). The number of β-amino-alcohol motifs (C(OH)–C–C–N with tert-alkyl or cyclic N) is 1. The number of hydrogen-bond acceptors (Lipinski definition) is 9. The Morgan fingerprint density at radius 1 is 1.12 bits per heavy atom. The number of aliphatic hydroxyl groups excluding tert-OH is 1. The molecule has 0 bridgehead atoms. The second kappa shape index (κ2) is 11.5. The van der Waals surface area contributed by atoms with E-state index in [1.165, 1.54) is 11.0 Å². The van der Waals surface area contributed by atoms with Gasteiger partial charge in [-0.3, -0.25) is 23.4 Å². The summed E-state index contributed by atoms with van der Waals surface area (Å²) in [5.74, 6) is -3.39. The van der Waals surface area contributed by atoms with E-state index in [9.17, 15) is 32.7 Å². The average molecular weight is 583 g/mol. The minimum atomic E-state index is -4.32. The van der Waals surface area contributed by atoms with E-state index in [-0.39, 0.29) is 38.3 Å². The normalized spacial score (nSPS) is 29.6. The first kappa shape index (κ1) is 30.6. The van der Waals surface area contributed by atoms with Crippen LogP contribution in [0.5, 0.6) is 0 Å². The van der Waals surface area contributed by atoms with Crippen LogP contribution in [0.2, 0.25) is 0 Å². The molecule has 2 amide bonds. The number of aliphatic hydroxyl groups is 1. The number of Topliss-reactive ketones (excluding diaryl/α,β-unsaturated/α-hetero) is 1. The molecular formula is C28H42N2O9S. The first-order chi connectivity index (χ1) is 18.6. The van der Waals surface area contributed by atoms with Gasteiger partial charge in [-0.15, -0.1) is 6.58 Å². The van der Waals surface area contributed by atoms with E-state index < -0.39 is 74.8 Å². The smallest absolute Gasteiger partial charge is 0.362 e. The fraction of sp³-hybridized carbons (Fsp3) is 0.786. The summed E-state index contributed by atoms with van der Waals surface area (Å²) in [6, 6.07) is -1.01. The van der Waals surface area contributed by atoms with Crippen LogP contribution in [0.4, 0.5) is 0 Å². The van der Waals surface area contributed by atoms with Gasteiger partial charge in [-0.2, -0.15) is 8.42 Å². The number of nitrogens with zero attached hydrogens (tertiary/aromatic N) is 1. The fourth-order valence-corrected chi connectivity index (χ4v) is 6.96. The molecule has 12 heteroatoms. The number of carbonyl (C=O) groups is 4. The molecule has 2 N–H and O–H groups in total. The number of hydrogen-bond donors (Lipinski definition) is 2. The number of esters is 1. The standard InChI is InChI=1S/C28H42N2O9S/c1-5-17-14-28(17,26(35)29-40(36,37)39-20-10-11-20)15-23(32)22-12-18(31)16-30(22)25(34)21(27(2,3)4)13-24(33)38-19-8-6-7-9-19/h5,17-22,31H,1,6-16H2,2-4H3,(H,29,35)/t17-,18-,21-,22+,28-/m1/s1. The van der Waals surface area contributed by atoms with Gasteiger partial charge in [0.25, 0.3) is 0 Å². The van der Waals surface area contributed by atoms with Gasteiger partial charge in [0.05, 0.1) is 36.0 Å². The highest BCUT2D eigenvalue weighted by molar-refractivity contribution is 7.85. The first-order valence-corrected chi connectivity index (χ1v) is 15.6. The number of allylic oxidation sites excluding steroid dienone is 1. The summed E-state index contributed by atoms with van der Waals surface area (Å²) >= 11 is 0. The first-order valence-electron chi connectivity index (χ1n) is 14.2. The van der Waals surface area contributed by atoms with Crippen molar-refractivity contribution in [2.75, 3.05) is 6.54 Å². The van der Waals surface area contributed by atoms with E-state index in [4.69, 9.17) is 8.92 Å². The number of ether oxygens (including phenoxy) is 1. The molecule has 4 fully saturated rings. The lowest BCUT2D eigenvalue weighted by atomic mass is 9.77. The van der Waals surface area contributed by atoms with Gasteiger partial charge in [-0.1, -0.05) is 26.8 Å². The maximum absolute atomic E-state index is 13.8. The zero-order chi connectivity index (χ0) is 29.5. The molecule has 224 valence electrons. The molecule has 40 heavy (non-hydrogen) atoms. The zero-order valence-electron chi connectivity index (χ0n) is 23.6. The summed E-state index contributed by atoms with van der Waals surface area (Å²) in [5, 5.41) is 10.5. The lowest BCUT2D eigenvalue weighted by Crippen LogP contribution is -2.48. The maximum atomic E-state index is 13.8. The van der Waals surface area contributed by atoms with Gasteiger partial charge in [0.1, 0.15) is 6.10 Å². The van der Waals surface area contributed by atoms with Crippen molar-refractivity contribution >= 4 is 33.9 Å². The van der Waals surface area contributed by atoms with Crippen molar-refractivity contribution in [3.8, 4) is 0 Å². The third kappa shape index (κ3) is 7.12. The Labute approximate surface area is 236 Å². The Bertz CT molecular complexity index is 1140. The zero-order valence-corrected chi connectivity index (χ0v) is 24.4. The highest BCUT2D eigenvalue weighted by Crippen LogP contribution is 2.57. The number of carbonyl (C=O) groups excluding carboxylic acids is 4. The number of nitrogens with one attached hydrogen (secondary N) is 1. The van der Waals surface area contributed by atoms with Crippen LogP contribution in [0.15, 0.2) is 12.7 Å². The quantitative estimate of drug-likeness (QED) is 0.260. The molecule has 1 aliphatic heterocycles. The molecule has 11 nitrogen and oxygen atoms in total. The highest BCUT2D eigenvalue weighted by Gasteiger charge is 2.61. The number of ketones is 1. The van der Waals surface area contributed by atoms with Crippen LogP contribution in [-0.4, -0.2) is 72.9 Å². The lowest BCUT2D eigenvalue weighted by molar-refractivity contribution is -0.156. The number of amides is 2. The summed E-state index contributed by atoms with van der Waals surface area (Å²) in [6.45, 7) is 9.15.